The van der Waals surface area contributed by atoms with Crippen molar-refractivity contribution in [3.05, 3.63) is 34.3 Å². The molecule has 368 valence electrons. The molecule has 0 aliphatic carbocycles. The van der Waals surface area contributed by atoms with Crippen LogP contribution in [0, 0.1) is 17.8 Å². The van der Waals surface area contributed by atoms with Crippen molar-refractivity contribution in [2.45, 2.75) is 192 Å². The SMILES string of the molecule is CC[C@H]1OC(=O)[C@H](C)[C@@H](O[C@H]2C[C@@](C)(OC)[C@@H](O)[C@H](C)O2)[C@H](C)[C@@H](O[C@@H]2O[C@H](C)C[C@H](N(C)C)[C@H]2O)[C@](C)(O)C[C@@H](C)CN(CCCNC(=O)c2ccc(Br)cc2)[C@H](C)[C@@H](O)[C@]1(C)O. The standard InChI is InChI=1S/C47H80BrN3O13/c1-14-35-47(10,58)39(53)30(6)51(21-15-20-49-42(55)32-16-18-33(48)19-17-32)25-26(2)23-45(8,57)41(64-44-37(52)34(50(11)12)22-27(3)60-44)28(4)38(29(5)43(56)62-35)63-36-24-46(9,59-13)40(54)31(7)61-36/h16-19,26-31,34-41,44,52-54,57-58H,14-15,20-25H2,1-13H3,(H,49,55)/t26-,27-,28+,29-,30-,31+,34+,35-,36+,37-,38+,39-,40+,41-,44+,45-,46-,47-/m1/s1. The maximum atomic E-state index is 14.5. The van der Waals surface area contributed by atoms with Gasteiger partial charge in [-0.1, -0.05) is 36.7 Å². The van der Waals surface area contributed by atoms with Crippen molar-refractivity contribution in [1.82, 2.24) is 15.1 Å². The second kappa shape index (κ2) is 23.0. The molecular weight excluding hydrogens is 894 g/mol. The first-order valence-corrected chi connectivity index (χ1v) is 23.9. The summed E-state index contributed by atoms with van der Waals surface area (Å²) in [6, 6.07) is 6.08. The minimum absolute atomic E-state index is 0.103. The third kappa shape index (κ3) is 13.2. The normalized spacial score (nSPS) is 42.4. The zero-order valence-electron chi connectivity index (χ0n) is 40.4. The number of hydrogen-bond donors (Lipinski definition) is 6. The molecule has 0 unspecified atom stereocenters. The monoisotopic (exact) mass is 973 g/mol. The van der Waals surface area contributed by atoms with Crippen LogP contribution >= 0.6 is 15.9 Å². The molecule has 1 aromatic rings. The summed E-state index contributed by atoms with van der Waals surface area (Å²) in [4.78, 5) is 31.4. The van der Waals surface area contributed by atoms with Gasteiger partial charge in [0.05, 0.1) is 41.5 Å². The second-order valence-corrected chi connectivity index (χ2v) is 20.8. The number of halogens is 1. The summed E-state index contributed by atoms with van der Waals surface area (Å²) < 4.78 is 38.9. The van der Waals surface area contributed by atoms with Crippen molar-refractivity contribution >= 4 is 27.8 Å². The first-order chi connectivity index (χ1) is 29.8. The molecule has 0 saturated carbocycles. The van der Waals surface area contributed by atoms with Gasteiger partial charge in [0.2, 0.25) is 0 Å². The van der Waals surface area contributed by atoms with Crippen LogP contribution in [-0.2, 0) is 33.2 Å². The quantitative estimate of drug-likeness (QED) is 0.130. The fraction of sp³-hybridized carbons (Fsp3) is 0.830. The number of amides is 1. The average Bonchev–Trinajstić information content (AvgIpc) is 3.23. The lowest BCUT2D eigenvalue weighted by atomic mass is 9.77. The number of nitrogens with one attached hydrogen (secondary N) is 1. The Morgan fingerprint density at radius 2 is 1.61 bits per heavy atom. The molecule has 3 heterocycles. The Hall–Kier alpha value is -1.84. The van der Waals surface area contributed by atoms with E-state index in [4.69, 9.17) is 28.4 Å². The summed E-state index contributed by atoms with van der Waals surface area (Å²) in [7, 11) is 5.25. The molecule has 3 fully saturated rings. The van der Waals surface area contributed by atoms with Crippen molar-refractivity contribution in [3.63, 3.8) is 0 Å². The summed E-state index contributed by atoms with van der Waals surface area (Å²) in [5.74, 6) is -3.08. The summed E-state index contributed by atoms with van der Waals surface area (Å²) >= 11 is 3.40. The van der Waals surface area contributed by atoms with Gasteiger partial charge in [-0.3, -0.25) is 14.5 Å². The number of nitrogens with zero attached hydrogens (tertiary/aromatic N) is 2. The number of aliphatic hydroxyl groups is 5. The van der Waals surface area contributed by atoms with Gasteiger partial charge in [0.15, 0.2) is 12.6 Å². The number of esters is 1. The molecule has 3 aliphatic rings. The highest BCUT2D eigenvalue weighted by molar-refractivity contribution is 9.10. The van der Waals surface area contributed by atoms with Crippen LogP contribution in [0.15, 0.2) is 28.7 Å². The van der Waals surface area contributed by atoms with Crippen LogP contribution < -0.4 is 5.32 Å². The van der Waals surface area contributed by atoms with Gasteiger partial charge in [0.1, 0.15) is 30.0 Å². The molecule has 18 atom stereocenters. The summed E-state index contributed by atoms with van der Waals surface area (Å²) in [6.45, 7) is 18.6. The number of hydrogen-bond acceptors (Lipinski definition) is 15. The van der Waals surface area contributed by atoms with E-state index < -0.39 is 96.0 Å². The van der Waals surface area contributed by atoms with Gasteiger partial charge >= 0.3 is 5.97 Å². The van der Waals surface area contributed by atoms with Gasteiger partial charge in [-0.2, -0.15) is 0 Å². The third-order valence-corrected chi connectivity index (χ3v) is 14.6. The number of methoxy groups -OCH3 is 1. The summed E-state index contributed by atoms with van der Waals surface area (Å²) in [5.41, 5.74) is -4.10. The Labute approximate surface area is 389 Å². The van der Waals surface area contributed by atoms with Crippen LogP contribution in [0.4, 0.5) is 0 Å². The first kappa shape index (κ1) is 54.8. The van der Waals surface area contributed by atoms with E-state index in [0.29, 0.717) is 38.0 Å². The maximum absolute atomic E-state index is 14.5. The fourth-order valence-corrected chi connectivity index (χ4v) is 10.4. The van der Waals surface area contributed by atoms with E-state index in [1.165, 1.54) is 14.0 Å². The van der Waals surface area contributed by atoms with Crippen LogP contribution in [0.5, 0.6) is 0 Å². The molecule has 3 saturated heterocycles. The van der Waals surface area contributed by atoms with Gasteiger partial charge in [-0.15, -0.1) is 0 Å². The minimum Gasteiger partial charge on any atom is -0.459 e. The lowest BCUT2D eigenvalue weighted by Gasteiger charge is -2.48. The molecule has 1 aromatic carbocycles. The number of rotatable bonds is 12. The van der Waals surface area contributed by atoms with Crippen LogP contribution in [-0.4, -0.2) is 178 Å². The lowest BCUT2D eigenvalue weighted by Crippen LogP contribution is -2.60. The Balaban J connectivity index is 1.76. The molecule has 6 N–H and O–H groups in total. The van der Waals surface area contributed by atoms with E-state index in [0.717, 1.165) is 4.47 Å². The number of aliphatic hydroxyl groups excluding tert-OH is 3. The average molecular weight is 975 g/mol. The van der Waals surface area contributed by atoms with Crippen LogP contribution in [0.3, 0.4) is 0 Å². The molecule has 0 bridgehead atoms. The summed E-state index contributed by atoms with van der Waals surface area (Å²) in [6.07, 6.45) is -8.46. The number of cyclic esters (lactones) is 1. The van der Waals surface area contributed by atoms with E-state index >= 15 is 0 Å². The number of carbonyl (C=O) groups excluding carboxylic acids is 2. The minimum atomic E-state index is -1.91. The Bertz CT molecular complexity index is 1640. The van der Waals surface area contributed by atoms with Gasteiger partial charge in [-0.05, 0) is 118 Å². The van der Waals surface area contributed by atoms with Gasteiger partial charge in [0, 0.05) is 61.2 Å². The number of ether oxygens (including phenoxy) is 6. The molecule has 3 aliphatic heterocycles. The Morgan fingerprint density at radius 3 is 2.20 bits per heavy atom. The Morgan fingerprint density at radius 1 is 0.969 bits per heavy atom. The van der Waals surface area contributed by atoms with Crippen molar-refractivity contribution in [2.24, 2.45) is 17.8 Å². The molecule has 4 rings (SSSR count). The van der Waals surface area contributed by atoms with E-state index in [2.05, 4.69) is 21.2 Å². The predicted octanol–water partition coefficient (Wildman–Crippen LogP) is 3.85. The van der Waals surface area contributed by atoms with E-state index in [1.54, 1.807) is 65.8 Å². The Kier molecular flexibility index (Phi) is 19.7. The number of carbonyl (C=O) groups is 2. The lowest BCUT2D eigenvalue weighted by molar-refractivity contribution is -0.318. The second-order valence-electron chi connectivity index (χ2n) is 19.8. The predicted molar refractivity (Wildman–Crippen MR) is 244 cm³/mol. The van der Waals surface area contributed by atoms with Crippen LogP contribution in [0.2, 0.25) is 0 Å². The van der Waals surface area contributed by atoms with Gasteiger partial charge in [-0.25, -0.2) is 0 Å². The molecule has 0 radical (unpaired) electrons. The van der Waals surface area contributed by atoms with Crippen LogP contribution in [0.25, 0.3) is 0 Å². The van der Waals surface area contributed by atoms with Crippen molar-refractivity contribution < 1.29 is 63.5 Å². The van der Waals surface area contributed by atoms with Crippen molar-refractivity contribution in [1.29, 1.82) is 0 Å². The maximum Gasteiger partial charge on any atom is 0.311 e. The zero-order valence-corrected chi connectivity index (χ0v) is 42.0. The highest BCUT2D eigenvalue weighted by atomic mass is 79.9. The number of likely N-dealkylation sites (N-methyl/N-ethyl adjacent to an activating group) is 1. The fourth-order valence-electron chi connectivity index (χ4n) is 10.1. The van der Waals surface area contributed by atoms with Gasteiger partial charge < -0.3 is 64.2 Å². The number of benzene rings is 1. The third-order valence-electron chi connectivity index (χ3n) is 14.0. The first-order valence-electron chi connectivity index (χ1n) is 23.1. The van der Waals surface area contributed by atoms with E-state index in [9.17, 15) is 35.1 Å². The zero-order chi connectivity index (χ0) is 48.1. The molecule has 0 aromatic heterocycles. The van der Waals surface area contributed by atoms with E-state index in [1.807, 2.05) is 44.7 Å². The highest BCUT2D eigenvalue weighted by Gasteiger charge is 2.53. The van der Waals surface area contributed by atoms with Crippen molar-refractivity contribution in [2.75, 3.05) is 40.8 Å². The summed E-state index contributed by atoms with van der Waals surface area (Å²) in [5, 5.41) is 62.7. The molecular formula is C47H80BrN3O13. The molecule has 16 nitrogen and oxygen atoms in total. The molecule has 0 spiro atoms. The van der Waals surface area contributed by atoms with Crippen LogP contribution in [0.1, 0.15) is 112 Å². The van der Waals surface area contributed by atoms with Crippen molar-refractivity contribution in [3.8, 4) is 0 Å². The highest BCUT2D eigenvalue weighted by Crippen LogP contribution is 2.40. The smallest absolute Gasteiger partial charge is 0.311 e. The van der Waals surface area contributed by atoms with E-state index in [-0.39, 0.29) is 43.2 Å². The molecule has 1 amide bonds. The molecule has 64 heavy (non-hydrogen) atoms. The topological polar surface area (TPSA) is 209 Å². The van der Waals surface area contributed by atoms with Gasteiger partial charge in [0.25, 0.3) is 5.91 Å². The largest absolute Gasteiger partial charge is 0.459 e. The molecule has 17 heteroatoms.